The highest BCUT2D eigenvalue weighted by molar-refractivity contribution is 8.08. The van der Waals surface area contributed by atoms with E-state index in [-0.39, 0.29) is 18.3 Å². The Morgan fingerprint density at radius 2 is 2.31 bits per heavy atom. The van der Waals surface area contributed by atoms with Gasteiger partial charge in [-0.05, 0) is 26.5 Å². The zero-order chi connectivity index (χ0) is 10.1. The van der Waals surface area contributed by atoms with E-state index in [0.29, 0.717) is 0 Å². The Labute approximate surface area is 84.6 Å². The van der Waals surface area contributed by atoms with Crippen molar-refractivity contribution >= 4 is 18.3 Å². The van der Waals surface area contributed by atoms with E-state index in [0.717, 1.165) is 12.8 Å². The maximum absolute atomic E-state index is 11.3. The van der Waals surface area contributed by atoms with Crippen molar-refractivity contribution in [1.82, 2.24) is 0 Å². The van der Waals surface area contributed by atoms with Crippen LogP contribution in [0.25, 0.3) is 0 Å². The zero-order valence-corrected chi connectivity index (χ0v) is 9.94. The second-order valence-corrected chi connectivity index (χ2v) is 7.29. The maximum atomic E-state index is 11.3. The molecule has 0 spiro atoms. The molecule has 4 atom stereocenters. The fourth-order valence-corrected chi connectivity index (χ4v) is 2.68. The minimum Gasteiger partial charge on any atom is -0.801 e. The smallest absolute Gasteiger partial charge is 0.0897 e. The van der Waals surface area contributed by atoms with Gasteiger partial charge in [0.25, 0.3) is 0 Å². The van der Waals surface area contributed by atoms with Crippen LogP contribution in [-0.2, 0) is 21.1 Å². The van der Waals surface area contributed by atoms with Gasteiger partial charge in [-0.25, -0.2) is 0 Å². The van der Waals surface area contributed by atoms with E-state index in [2.05, 4.69) is 0 Å². The largest absolute Gasteiger partial charge is 0.801 e. The van der Waals surface area contributed by atoms with Crippen LogP contribution in [0, 0.1) is 0 Å². The molecule has 0 N–H and O–H groups in total. The molecule has 0 radical (unpaired) electrons. The lowest BCUT2D eigenvalue weighted by Gasteiger charge is -2.28. The lowest BCUT2D eigenvalue weighted by molar-refractivity contribution is -0.185. The highest BCUT2D eigenvalue weighted by Gasteiger charge is 2.32. The van der Waals surface area contributed by atoms with Crippen LogP contribution in [0.5, 0.6) is 0 Å². The average molecular weight is 223 g/mol. The molecule has 0 aliphatic carbocycles. The third kappa shape index (κ3) is 3.64. The Hall–Kier alpha value is 0.530. The van der Waals surface area contributed by atoms with Crippen molar-refractivity contribution in [3.63, 3.8) is 0 Å². The van der Waals surface area contributed by atoms with Gasteiger partial charge in [-0.3, -0.25) is 0 Å². The molecular weight excluding hydrogens is 207 g/mol. The average Bonchev–Trinajstić information content (AvgIpc) is 2.27. The minimum atomic E-state index is -2.79. The summed E-state index contributed by atoms with van der Waals surface area (Å²) in [6, 6.07) is 0. The molecule has 0 bridgehead atoms. The zero-order valence-electron chi connectivity index (χ0n) is 8.23. The van der Waals surface area contributed by atoms with E-state index in [9.17, 15) is 4.89 Å². The highest BCUT2D eigenvalue weighted by atomic mass is 32.5. The van der Waals surface area contributed by atoms with Gasteiger partial charge in [0.1, 0.15) is 0 Å². The van der Waals surface area contributed by atoms with Crippen LogP contribution in [0.15, 0.2) is 0 Å². The van der Waals surface area contributed by atoms with E-state index in [1.807, 2.05) is 13.8 Å². The van der Waals surface area contributed by atoms with Crippen molar-refractivity contribution in [3.8, 4) is 0 Å². The first-order valence-electron chi connectivity index (χ1n) is 4.54. The fraction of sp³-hybridized carbons (Fsp3) is 1.00. The molecule has 78 valence electrons. The monoisotopic (exact) mass is 223 g/mol. The van der Waals surface area contributed by atoms with E-state index < -0.39 is 6.49 Å². The summed E-state index contributed by atoms with van der Waals surface area (Å²) in [6.45, 7) is 2.71. The van der Waals surface area contributed by atoms with Crippen molar-refractivity contribution in [2.45, 2.75) is 45.0 Å². The van der Waals surface area contributed by atoms with Gasteiger partial charge < -0.3 is 14.2 Å². The van der Waals surface area contributed by atoms with Crippen molar-refractivity contribution in [2.24, 2.45) is 0 Å². The van der Waals surface area contributed by atoms with E-state index in [1.54, 1.807) is 0 Å². The third-order valence-corrected chi connectivity index (χ3v) is 3.03. The Balaban J connectivity index is 2.54. The van der Waals surface area contributed by atoms with Gasteiger partial charge in [0.15, 0.2) is 0 Å². The summed E-state index contributed by atoms with van der Waals surface area (Å²) in [4.78, 5) is 11.3. The highest BCUT2D eigenvalue weighted by Crippen LogP contribution is 2.39. The first kappa shape index (κ1) is 11.6. The van der Waals surface area contributed by atoms with Crippen molar-refractivity contribution in [1.29, 1.82) is 0 Å². The summed E-state index contributed by atoms with van der Waals surface area (Å²) in [6.07, 6.45) is 1.85. The Bertz CT molecular complexity index is 215. The molecule has 0 saturated carbocycles. The molecule has 13 heavy (non-hydrogen) atoms. The topological polar surface area (TPSA) is 41.5 Å². The predicted octanol–water partition coefficient (Wildman–Crippen LogP) is 1.26. The van der Waals surface area contributed by atoms with Gasteiger partial charge in [-0.1, -0.05) is 18.7 Å². The van der Waals surface area contributed by atoms with E-state index in [1.165, 1.54) is 6.66 Å². The normalized spacial score (nSPS) is 38.9. The van der Waals surface area contributed by atoms with Crippen LogP contribution in [-0.4, -0.2) is 25.0 Å². The SMILES string of the molecule is CC[C@H]1O[C@@H](C)C[C@H]1OP(C)([O-])=S. The second-order valence-electron chi connectivity index (χ2n) is 3.54. The summed E-state index contributed by atoms with van der Waals surface area (Å²) in [5.74, 6) is 0. The van der Waals surface area contributed by atoms with Crippen LogP contribution >= 0.6 is 6.49 Å². The van der Waals surface area contributed by atoms with Crippen molar-refractivity contribution in [2.75, 3.05) is 6.66 Å². The van der Waals surface area contributed by atoms with Gasteiger partial charge >= 0.3 is 0 Å². The van der Waals surface area contributed by atoms with Crippen LogP contribution in [0.4, 0.5) is 0 Å². The lowest BCUT2D eigenvalue weighted by Crippen LogP contribution is -2.24. The Kier molecular flexibility index (Phi) is 3.90. The number of hydrogen-bond acceptors (Lipinski definition) is 4. The van der Waals surface area contributed by atoms with E-state index in [4.69, 9.17) is 21.1 Å². The lowest BCUT2D eigenvalue weighted by atomic mass is 10.1. The molecule has 1 aliphatic heterocycles. The molecule has 1 rings (SSSR count). The summed E-state index contributed by atoms with van der Waals surface area (Å²) in [5.41, 5.74) is 0. The third-order valence-electron chi connectivity index (χ3n) is 2.12. The van der Waals surface area contributed by atoms with Crippen LogP contribution < -0.4 is 4.89 Å². The van der Waals surface area contributed by atoms with Gasteiger partial charge in [-0.2, -0.15) is 0 Å². The molecule has 1 aliphatic rings. The molecule has 0 aromatic heterocycles. The number of hydrogen-bond donors (Lipinski definition) is 0. The number of ether oxygens (including phenoxy) is 1. The Morgan fingerprint density at radius 3 is 2.77 bits per heavy atom. The van der Waals surface area contributed by atoms with Gasteiger partial charge in [0.05, 0.1) is 18.3 Å². The first-order valence-corrected chi connectivity index (χ1v) is 7.63. The molecule has 1 fully saturated rings. The van der Waals surface area contributed by atoms with Gasteiger partial charge in [0.2, 0.25) is 0 Å². The van der Waals surface area contributed by atoms with Gasteiger partial charge in [0, 0.05) is 6.42 Å². The molecule has 0 aromatic carbocycles. The number of rotatable bonds is 3. The quantitative estimate of drug-likeness (QED) is 0.675. The minimum absolute atomic E-state index is 0.0613. The predicted molar refractivity (Wildman–Crippen MR) is 54.3 cm³/mol. The first-order chi connectivity index (χ1) is 5.92. The molecule has 5 heteroatoms. The summed E-state index contributed by atoms with van der Waals surface area (Å²) >= 11 is 4.74. The van der Waals surface area contributed by atoms with Gasteiger partial charge in [-0.15, -0.1) is 0 Å². The van der Waals surface area contributed by atoms with Crippen LogP contribution in [0.1, 0.15) is 26.7 Å². The summed E-state index contributed by atoms with van der Waals surface area (Å²) in [5, 5.41) is 0. The molecule has 1 saturated heterocycles. The molecule has 0 amide bonds. The summed E-state index contributed by atoms with van der Waals surface area (Å²) < 4.78 is 10.9. The molecule has 1 unspecified atom stereocenters. The van der Waals surface area contributed by atoms with E-state index >= 15 is 0 Å². The van der Waals surface area contributed by atoms with Crippen molar-refractivity contribution in [3.05, 3.63) is 0 Å². The van der Waals surface area contributed by atoms with Crippen LogP contribution in [0.3, 0.4) is 0 Å². The van der Waals surface area contributed by atoms with Crippen molar-refractivity contribution < 1.29 is 14.2 Å². The molecule has 1 heterocycles. The fourth-order valence-electron chi connectivity index (χ4n) is 1.64. The standard InChI is InChI=1S/C8H17O3PS/c1-4-7-8(5-6(2)10-7)11-12(3,9)13/h6-8H,4-5H2,1-3H3,(H,9,13)/p-1/t6-,7+,8+,12?/m0/s1. The van der Waals surface area contributed by atoms with Crippen LogP contribution in [0.2, 0.25) is 0 Å². The summed E-state index contributed by atoms with van der Waals surface area (Å²) in [7, 11) is 0. The molecule has 0 aromatic rings. The Morgan fingerprint density at radius 1 is 1.69 bits per heavy atom. The molecule has 3 nitrogen and oxygen atoms in total. The molecular formula is C8H16O3PS-. The second kappa shape index (κ2) is 4.37. The maximum Gasteiger partial charge on any atom is 0.0897 e.